The second-order valence-corrected chi connectivity index (χ2v) is 7.00. The summed E-state index contributed by atoms with van der Waals surface area (Å²) in [5.41, 5.74) is 0. The average molecular weight is 383 g/mol. The molecule has 2 saturated heterocycles. The van der Waals surface area contributed by atoms with Crippen LogP contribution < -0.4 is 9.47 Å². The van der Waals surface area contributed by atoms with Gasteiger partial charge in [0.05, 0.1) is 13.2 Å². The first-order chi connectivity index (χ1) is 13.8. The van der Waals surface area contributed by atoms with E-state index in [2.05, 4.69) is 0 Å². The Morgan fingerprint density at radius 3 is 2.18 bits per heavy atom. The smallest absolute Gasteiger partial charge is 0.260 e. The van der Waals surface area contributed by atoms with Gasteiger partial charge < -0.3 is 23.8 Å². The molecule has 0 saturated carbocycles. The quantitative estimate of drug-likeness (QED) is 0.765. The van der Waals surface area contributed by atoms with Gasteiger partial charge in [-0.05, 0) is 49.2 Å². The standard InChI is InChI=1S/C22H25NO5/c24-21(23-12-10-17(11-13-23)22-25-14-15-26-22)16-27-18-6-8-20(9-7-18)28-19-4-2-1-3-5-19/h1-9,17,22H,10-16H2. The fourth-order valence-corrected chi connectivity index (χ4v) is 3.53. The minimum absolute atomic E-state index is 0.0105. The summed E-state index contributed by atoms with van der Waals surface area (Å²) in [4.78, 5) is 14.3. The molecule has 0 aromatic heterocycles. The molecule has 2 fully saturated rings. The number of hydrogen-bond acceptors (Lipinski definition) is 5. The van der Waals surface area contributed by atoms with Crippen molar-refractivity contribution >= 4 is 5.91 Å². The first-order valence-electron chi connectivity index (χ1n) is 9.75. The maximum atomic E-state index is 12.4. The highest BCUT2D eigenvalue weighted by Gasteiger charge is 2.31. The number of piperidine rings is 1. The molecule has 2 aliphatic heterocycles. The van der Waals surface area contributed by atoms with E-state index in [1.165, 1.54) is 0 Å². The van der Waals surface area contributed by atoms with Gasteiger partial charge in [-0.25, -0.2) is 0 Å². The molecule has 6 heteroatoms. The van der Waals surface area contributed by atoms with Gasteiger partial charge in [-0.1, -0.05) is 18.2 Å². The fraction of sp³-hybridized carbons (Fsp3) is 0.409. The van der Waals surface area contributed by atoms with Crippen molar-refractivity contribution in [2.24, 2.45) is 5.92 Å². The lowest BCUT2D eigenvalue weighted by Gasteiger charge is -2.33. The van der Waals surface area contributed by atoms with Crippen molar-refractivity contribution in [3.05, 3.63) is 54.6 Å². The predicted octanol–water partition coefficient (Wildman–Crippen LogP) is 3.47. The number of likely N-dealkylation sites (tertiary alicyclic amines) is 1. The highest BCUT2D eigenvalue weighted by Crippen LogP contribution is 2.26. The molecule has 0 aliphatic carbocycles. The largest absolute Gasteiger partial charge is 0.484 e. The summed E-state index contributed by atoms with van der Waals surface area (Å²) >= 11 is 0. The van der Waals surface area contributed by atoms with Crippen molar-refractivity contribution in [1.82, 2.24) is 4.90 Å². The van der Waals surface area contributed by atoms with Crippen LogP contribution in [0.4, 0.5) is 0 Å². The molecule has 0 atom stereocenters. The number of benzene rings is 2. The number of rotatable bonds is 6. The molecule has 0 spiro atoms. The van der Waals surface area contributed by atoms with Crippen molar-refractivity contribution in [2.45, 2.75) is 19.1 Å². The number of amides is 1. The molecule has 1 amide bonds. The SMILES string of the molecule is O=C(COc1ccc(Oc2ccccc2)cc1)N1CCC(C2OCCO2)CC1. The van der Waals surface area contributed by atoms with E-state index in [1.807, 2.05) is 59.5 Å². The lowest BCUT2D eigenvalue weighted by molar-refractivity contribution is -0.138. The van der Waals surface area contributed by atoms with Gasteiger partial charge in [0.2, 0.25) is 0 Å². The number of carbonyl (C=O) groups excluding carboxylic acids is 1. The van der Waals surface area contributed by atoms with Gasteiger partial charge in [0, 0.05) is 19.0 Å². The van der Waals surface area contributed by atoms with Gasteiger partial charge in [-0.3, -0.25) is 4.79 Å². The second kappa shape index (κ2) is 9.08. The van der Waals surface area contributed by atoms with Crippen LogP contribution in [0.15, 0.2) is 54.6 Å². The maximum Gasteiger partial charge on any atom is 0.260 e. The zero-order valence-corrected chi connectivity index (χ0v) is 15.8. The third kappa shape index (κ3) is 4.82. The molecule has 4 rings (SSSR count). The molecule has 2 heterocycles. The summed E-state index contributed by atoms with van der Waals surface area (Å²) < 4.78 is 22.6. The molecule has 28 heavy (non-hydrogen) atoms. The number of ether oxygens (including phenoxy) is 4. The highest BCUT2D eigenvalue weighted by atomic mass is 16.7. The van der Waals surface area contributed by atoms with Crippen LogP contribution in [-0.4, -0.2) is 50.0 Å². The average Bonchev–Trinajstić information content (AvgIpc) is 3.29. The van der Waals surface area contributed by atoms with E-state index >= 15 is 0 Å². The number of para-hydroxylation sites is 1. The van der Waals surface area contributed by atoms with Crippen molar-refractivity contribution in [1.29, 1.82) is 0 Å². The van der Waals surface area contributed by atoms with Crippen molar-refractivity contribution in [3.8, 4) is 17.2 Å². The lowest BCUT2D eigenvalue weighted by atomic mass is 9.96. The normalized spacial score (nSPS) is 18.2. The molecule has 6 nitrogen and oxygen atoms in total. The zero-order chi connectivity index (χ0) is 19.2. The first-order valence-corrected chi connectivity index (χ1v) is 9.75. The maximum absolute atomic E-state index is 12.4. The van der Waals surface area contributed by atoms with E-state index in [1.54, 1.807) is 0 Å². The summed E-state index contributed by atoms with van der Waals surface area (Å²) in [7, 11) is 0. The summed E-state index contributed by atoms with van der Waals surface area (Å²) in [6.45, 7) is 2.83. The minimum atomic E-state index is -0.0925. The van der Waals surface area contributed by atoms with Crippen LogP contribution in [0.5, 0.6) is 17.2 Å². The predicted molar refractivity (Wildman–Crippen MR) is 103 cm³/mol. The van der Waals surface area contributed by atoms with Crippen LogP contribution in [0.1, 0.15) is 12.8 Å². The summed E-state index contributed by atoms with van der Waals surface area (Å²) in [6.07, 6.45) is 1.72. The summed E-state index contributed by atoms with van der Waals surface area (Å²) in [5, 5.41) is 0. The van der Waals surface area contributed by atoms with E-state index < -0.39 is 0 Å². The molecule has 0 N–H and O–H groups in total. The van der Waals surface area contributed by atoms with Crippen molar-refractivity contribution < 1.29 is 23.7 Å². The number of carbonyl (C=O) groups is 1. The molecule has 2 aromatic carbocycles. The van der Waals surface area contributed by atoms with Crippen LogP contribution in [0.25, 0.3) is 0 Å². The van der Waals surface area contributed by atoms with E-state index in [0.29, 0.717) is 24.9 Å². The lowest BCUT2D eigenvalue weighted by Crippen LogP contribution is -2.43. The minimum Gasteiger partial charge on any atom is -0.484 e. The molecular weight excluding hydrogens is 358 g/mol. The van der Waals surface area contributed by atoms with Gasteiger partial charge >= 0.3 is 0 Å². The number of nitrogens with zero attached hydrogens (tertiary/aromatic N) is 1. The molecule has 0 bridgehead atoms. The molecule has 2 aromatic rings. The molecule has 2 aliphatic rings. The van der Waals surface area contributed by atoms with Crippen LogP contribution in [-0.2, 0) is 14.3 Å². The van der Waals surface area contributed by atoms with E-state index in [0.717, 1.165) is 37.4 Å². The van der Waals surface area contributed by atoms with Crippen molar-refractivity contribution in [2.75, 3.05) is 32.9 Å². The molecule has 0 unspecified atom stereocenters. The van der Waals surface area contributed by atoms with Gasteiger partial charge in [0.25, 0.3) is 5.91 Å². The van der Waals surface area contributed by atoms with Gasteiger partial charge in [0.15, 0.2) is 12.9 Å². The summed E-state index contributed by atoms with van der Waals surface area (Å²) in [5.74, 6) is 2.55. The Morgan fingerprint density at radius 1 is 0.893 bits per heavy atom. The Morgan fingerprint density at radius 2 is 1.50 bits per heavy atom. The topological polar surface area (TPSA) is 57.2 Å². The number of hydrogen-bond donors (Lipinski definition) is 0. The van der Waals surface area contributed by atoms with Gasteiger partial charge in [-0.2, -0.15) is 0 Å². The Kier molecular flexibility index (Phi) is 6.09. The first kappa shape index (κ1) is 18.8. The van der Waals surface area contributed by atoms with Crippen LogP contribution >= 0.6 is 0 Å². The molecule has 0 radical (unpaired) electrons. The highest BCUT2D eigenvalue weighted by molar-refractivity contribution is 5.77. The van der Waals surface area contributed by atoms with Crippen LogP contribution in [0.2, 0.25) is 0 Å². The van der Waals surface area contributed by atoms with Crippen LogP contribution in [0, 0.1) is 5.92 Å². The molecular formula is C22H25NO5. The summed E-state index contributed by atoms with van der Waals surface area (Å²) in [6, 6.07) is 16.9. The third-order valence-corrected chi connectivity index (χ3v) is 5.09. The van der Waals surface area contributed by atoms with Crippen LogP contribution in [0.3, 0.4) is 0 Å². The fourth-order valence-electron chi connectivity index (χ4n) is 3.53. The Balaban J connectivity index is 1.21. The second-order valence-electron chi connectivity index (χ2n) is 7.00. The Hall–Kier alpha value is -2.57. The monoisotopic (exact) mass is 383 g/mol. The Labute approximate surface area is 165 Å². The van der Waals surface area contributed by atoms with Crippen molar-refractivity contribution in [3.63, 3.8) is 0 Å². The molecule has 148 valence electrons. The van der Waals surface area contributed by atoms with E-state index in [-0.39, 0.29) is 18.8 Å². The zero-order valence-electron chi connectivity index (χ0n) is 15.8. The third-order valence-electron chi connectivity index (χ3n) is 5.09. The van der Waals surface area contributed by atoms with Gasteiger partial charge in [0.1, 0.15) is 17.2 Å². The van der Waals surface area contributed by atoms with Gasteiger partial charge in [-0.15, -0.1) is 0 Å². The van der Waals surface area contributed by atoms with E-state index in [9.17, 15) is 4.79 Å². The Bertz CT molecular complexity index is 750. The van der Waals surface area contributed by atoms with E-state index in [4.69, 9.17) is 18.9 Å².